The first kappa shape index (κ1) is 17.7. The normalized spacial score (nSPS) is 16.4. The number of hydrogen-bond acceptors (Lipinski definition) is 4. The van der Waals surface area contributed by atoms with Gasteiger partial charge in [0.25, 0.3) is 5.91 Å². The van der Waals surface area contributed by atoms with Crippen molar-refractivity contribution in [3.63, 3.8) is 0 Å². The summed E-state index contributed by atoms with van der Waals surface area (Å²) in [7, 11) is 0. The Bertz CT molecular complexity index is 1110. The van der Waals surface area contributed by atoms with E-state index in [2.05, 4.69) is 4.98 Å². The summed E-state index contributed by atoms with van der Waals surface area (Å²) in [5.74, 6) is 0.0576. The van der Waals surface area contributed by atoms with E-state index in [9.17, 15) is 9.59 Å². The molecule has 2 aromatic heterocycles. The van der Waals surface area contributed by atoms with E-state index in [4.69, 9.17) is 16.0 Å². The summed E-state index contributed by atoms with van der Waals surface area (Å²) < 4.78 is 5.92. The highest BCUT2D eigenvalue weighted by atomic mass is 35.5. The van der Waals surface area contributed by atoms with E-state index in [1.165, 1.54) is 0 Å². The Morgan fingerprint density at radius 1 is 1.26 bits per heavy atom. The molecule has 6 heteroatoms. The molecule has 0 saturated heterocycles. The Kier molecular flexibility index (Phi) is 4.27. The molecule has 0 bridgehead atoms. The largest absolute Gasteiger partial charge is 0.450 e. The zero-order chi connectivity index (χ0) is 19.3. The summed E-state index contributed by atoms with van der Waals surface area (Å²) >= 11 is 6.22. The zero-order valence-corrected chi connectivity index (χ0v) is 16.1. The summed E-state index contributed by atoms with van der Waals surface area (Å²) in [4.78, 5) is 32.5. The van der Waals surface area contributed by atoms with Gasteiger partial charge in [0.05, 0.1) is 16.6 Å². The summed E-state index contributed by atoms with van der Waals surface area (Å²) in [6, 6.07) is 8.24. The van der Waals surface area contributed by atoms with Crippen LogP contribution in [0.25, 0.3) is 11.0 Å². The number of halogens is 1. The summed E-state index contributed by atoms with van der Waals surface area (Å²) in [6.07, 6.45) is 1.66. The predicted molar refractivity (Wildman–Crippen MR) is 104 cm³/mol. The first-order valence-corrected chi connectivity index (χ1v) is 9.25. The van der Waals surface area contributed by atoms with E-state index in [-0.39, 0.29) is 23.0 Å². The molecule has 5 nitrogen and oxygen atoms in total. The van der Waals surface area contributed by atoms with E-state index in [1.54, 1.807) is 29.3 Å². The van der Waals surface area contributed by atoms with Gasteiger partial charge in [-0.15, -0.1) is 0 Å². The van der Waals surface area contributed by atoms with E-state index >= 15 is 0 Å². The Labute approximate surface area is 161 Å². The van der Waals surface area contributed by atoms with Crippen LogP contribution in [0.5, 0.6) is 0 Å². The maximum absolute atomic E-state index is 13.3. The monoisotopic (exact) mass is 382 g/mol. The van der Waals surface area contributed by atoms with Crippen LogP contribution in [0.3, 0.4) is 0 Å². The molecule has 0 spiro atoms. The van der Waals surface area contributed by atoms with Gasteiger partial charge in [-0.25, -0.2) is 0 Å². The van der Waals surface area contributed by atoms with Gasteiger partial charge in [0, 0.05) is 17.8 Å². The average Bonchev–Trinajstić information content (AvgIpc) is 2.90. The van der Waals surface area contributed by atoms with Gasteiger partial charge in [0.15, 0.2) is 5.43 Å². The summed E-state index contributed by atoms with van der Waals surface area (Å²) in [5, 5.41) is 0.872. The van der Waals surface area contributed by atoms with E-state index < -0.39 is 6.04 Å². The van der Waals surface area contributed by atoms with Crippen LogP contribution < -0.4 is 5.43 Å². The molecule has 1 aliphatic rings. The molecule has 1 aromatic carbocycles. The van der Waals surface area contributed by atoms with Crippen LogP contribution in [-0.4, -0.2) is 22.3 Å². The topological polar surface area (TPSA) is 63.4 Å². The highest BCUT2D eigenvalue weighted by Gasteiger charge is 2.43. The van der Waals surface area contributed by atoms with Crippen LogP contribution in [0.2, 0.25) is 5.02 Å². The first-order valence-electron chi connectivity index (χ1n) is 8.87. The molecule has 1 unspecified atom stereocenters. The molecule has 0 radical (unpaired) electrons. The number of carbonyl (C=O) groups is 1. The van der Waals surface area contributed by atoms with Crippen molar-refractivity contribution in [2.24, 2.45) is 5.92 Å². The molecule has 0 fully saturated rings. The number of fused-ring (bicyclic) bond motifs is 2. The Morgan fingerprint density at radius 3 is 2.70 bits per heavy atom. The fraction of sp³-hybridized carbons (Fsp3) is 0.286. The van der Waals surface area contributed by atoms with Gasteiger partial charge < -0.3 is 9.32 Å². The van der Waals surface area contributed by atoms with Crippen LogP contribution in [0.15, 0.2) is 45.7 Å². The van der Waals surface area contributed by atoms with Gasteiger partial charge in [0.1, 0.15) is 11.6 Å². The third kappa shape index (κ3) is 2.82. The zero-order valence-electron chi connectivity index (χ0n) is 15.3. The second-order valence-corrected chi connectivity index (χ2v) is 7.69. The van der Waals surface area contributed by atoms with E-state index in [0.717, 1.165) is 5.56 Å². The minimum atomic E-state index is -0.558. The SMILES string of the molecule is Cc1cc2oc3c(c(=O)c2cc1Cl)C(c1ccccn1)N(CC(C)C)C3=O. The van der Waals surface area contributed by atoms with Crippen LogP contribution in [0.1, 0.15) is 47.3 Å². The number of amides is 1. The van der Waals surface area contributed by atoms with Crippen molar-refractivity contribution in [3.8, 4) is 0 Å². The first-order chi connectivity index (χ1) is 12.9. The molecule has 4 rings (SSSR count). The predicted octanol–water partition coefficient (Wildman–Crippen LogP) is 4.35. The number of carbonyl (C=O) groups excluding carboxylic acids is 1. The molecule has 1 amide bonds. The fourth-order valence-corrected chi connectivity index (χ4v) is 3.73. The average molecular weight is 383 g/mol. The van der Waals surface area contributed by atoms with Crippen molar-refractivity contribution < 1.29 is 9.21 Å². The summed E-state index contributed by atoms with van der Waals surface area (Å²) in [6.45, 7) is 6.39. The smallest absolute Gasteiger partial charge is 0.290 e. The molecular formula is C21H19ClN2O3. The molecule has 1 atom stereocenters. The van der Waals surface area contributed by atoms with Crippen molar-refractivity contribution in [2.45, 2.75) is 26.8 Å². The minimum Gasteiger partial charge on any atom is -0.450 e. The van der Waals surface area contributed by atoms with Gasteiger partial charge in [-0.1, -0.05) is 31.5 Å². The van der Waals surface area contributed by atoms with Gasteiger partial charge in [-0.3, -0.25) is 14.6 Å². The molecule has 1 aliphatic heterocycles. The van der Waals surface area contributed by atoms with Gasteiger partial charge in [-0.05, 0) is 42.7 Å². The van der Waals surface area contributed by atoms with Crippen molar-refractivity contribution in [2.75, 3.05) is 6.54 Å². The van der Waals surface area contributed by atoms with Crippen LogP contribution in [-0.2, 0) is 0 Å². The van der Waals surface area contributed by atoms with Crippen LogP contribution >= 0.6 is 11.6 Å². The van der Waals surface area contributed by atoms with Crippen molar-refractivity contribution in [1.29, 1.82) is 0 Å². The third-order valence-electron chi connectivity index (χ3n) is 4.78. The number of aryl methyl sites for hydroxylation is 1. The second-order valence-electron chi connectivity index (χ2n) is 7.28. The van der Waals surface area contributed by atoms with Gasteiger partial charge >= 0.3 is 0 Å². The van der Waals surface area contributed by atoms with E-state index in [0.29, 0.717) is 33.8 Å². The quantitative estimate of drug-likeness (QED) is 0.675. The Balaban J connectivity index is 2.02. The van der Waals surface area contributed by atoms with Crippen molar-refractivity contribution >= 4 is 28.5 Å². The highest BCUT2D eigenvalue weighted by Crippen LogP contribution is 2.38. The molecule has 3 aromatic rings. The lowest BCUT2D eigenvalue weighted by Crippen LogP contribution is -2.33. The number of rotatable bonds is 3. The number of benzene rings is 1. The molecule has 0 aliphatic carbocycles. The van der Waals surface area contributed by atoms with E-state index in [1.807, 2.05) is 32.9 Å². The lowest BCUT2D eigenvalue weighted by molar-refractivity contribution is 0.0704. The number of hydrogen-bond donors (Lipinski definition) is 0. The molecule has 3 heterocycles. The van der Waals surface area contributed by atoms with Gasteiger partial charge in [-0.2, -0.15) is 0 Å². The summed E-state index contributed by atoms with van der Waals surface area (Å²) in [5.41, 5.74) is 1.92. The lowest BCUT2D eigenvalue weighted by Gasteiger charge is -2.25. The van der Waals surface area contributed by atoms with Crippen LogP contribution in [0, 0.1) is 12.8 Å². The molecular weight excluding hydrogens is 364 g/mol. The second kappa shape index (κ2) is 6.50. The Morgan fingerprint density at radius 2 is 2.04 bits per heavy atom. The maximum Gasteiger partial charge on any atom is 0.290 e. The van der Waals surface area contributed by atoms with Crippen molar-refractivity contribution in [1.82, 2.24) is 9.88 Å². The standard InChI is InChI=1S/C21H19ClN2O3/c1-11(2)10-24-18(15-6-4-5-7-23-15)17-19(25)13-9-14(22)12(3)8-16(13)27-20(17)21(24)26/h4-9,11,18H,10H2,1-3H3. The maximum atomic E-state index is 13.3. The van der Waals surface area contributed by atoms with Crippen LogP contribution in [0.4, 0.5) is 0 Å². The number of pyridine rings is 1. The molecule has 27 heavy (non-hydrogen) atoms. The third-order valence-corrected chi connectivity index (χ3v) is 5.18. The van der Waals surface area contributed by atoms with Crippen molar-refractivity contribution in [3.05, 3.63) is 74.4 Å². The molecule has 138 valence electrons. The highest BCUT2D eigenvalue weighted by molar-refractivity contribution is 6.32. The Hall–Kier alpha value is -2.66. The number of aromatic nitrogens is 1. The molecule has 0 saturated carbocycles. The lowest BCUT2D eigenvalue weighted by atomic mass is 10.0. The van der Waals surface area contributed by atoms with Gasteiger partial charge in [0.2, 0.25) is 5.76 Å². The minimum absolute atomic E-state index is 0.102. The number of nitrogens with zero attached hydrogens (tertiary/aromatic N) is 2. The molecule has 0 N–H and O–H groups in total. The fourth-order valence-electron chi connectivity index (χ4n) is 3.57.